The van der Waals surface area contributed by atoms with Gasteiger partial charge in [0.05, 0.1) is 9.71 Å². The highest BCUT2D eigenvalue weighted by Gasteiger charge is 2.06. The zero-order valence-electron chi connectivity index (χ0n) is 8.09. The van der Waals surface area contributed by atoms with Gasteiger partial charge in [0, 0.05) is 6.20 Å². The van der Waals surface area contributed by atoms with Crippen molar-refractivity contribution in [1.82, 2.24) is 9.97 Å². The molecule has 0 saturated heterocycles. The molecule has 0 aliphatic heterocycles. The largest absolute Gasteiger partial charge is 0.236 e. The van der Waals surface area contributed by atoms with Gasteiger partial charge in [-0.3, -0.25) is 0 Å². The summed E-state index contributed by atoms with van der Waals surface area (Å²) in [5.74, 6) is 0. The molecule has 2 rings (SSSR count). The van der Waals surface area contributed by atoms with Crippen molar-refractivity contribution in [3.8, 4) is 0 Å². The van der Waals surface area contributed by atoms with E-state index in [1.807, 2.05) is 6.20 Å². The van der Waals surface area contributed by atoms with Crippen LogP contribution in [0.5, 0.6) is 0 Å². The zero-order chi connectivity index (χ0) is 9.42. The topological polar surface area (TPSA) is 25.8 Å². The van der Waals surface area contributed by atoms with Crippen LogP contribution < -0.4 is 0 Å². The predicted molar refractivity (Wildman–Crippen MR) is 56.3 cm³/mol. The molecule has 2 nitrogen and oxygen atoms in total. The van der Waals surface area contributed by atoms with Gasteiger partial charge in [-0.1, -0.05) is 6.92 Å². The molecule has 0 saturated carbocycles. The number of hydrogen-bond donors (Lipinski definition) is 0. The Balaban J connectivity index is 2.76. The second-order valence-corrected chi connectivity index (χ2v) is 4.26. The molecule has 0 aliphatic rings. The van der Waals surface area contributed by atoms with Crippen LogP contribution >= 0.6 is 11.3 Å². The minimum Gasteiger partial charge on any atom is -0.236 e. The first kappa shape index (κ1) is 8.63. The molecule has 0 bridgehead atoms. The lowest BCUT2D eigenvalue weighted by molar-refractivity contribution is 1.10. The van der Waals surface area contributed by atoms with Gasteiger partial charge < -0.3 is 0 Å². The maximum atomic E-state index is 4.44. The van der Waals surface area contributed by atoms with E-state index >= 15 is 0 Å². The van der Waals surface area contributed by atoms with Crippen molar-refractivity contribution in [2.24, 2.45) is 0 Å². The average molecular weight is 192 g/mol. The Morgan fingerprint density at radius 3 is 2.85 bits per heavy atom. The van der Waals surface area contributed by atoms with E-state index in [1.165, 1.54) is 20.8 Å². The number of pyridine rings is 1. The van der Waals surface area contributed by atoms with E-state index in [0.29, 0.717) is 0 Å². The minimum atomic E-state index is 0.907. The Kier molecular flexibility index (Phi) is 2.04. The Morgan fingerprint density at radius 2 is 2.15 bits per heavy atom. The molecule has 2 aromatic rings. The second kappa shape index (κ2) is 3.07. The van der Waals surface area contributed by atoms with E-state index in [-0.39, 0.29) is 0 Å². The highest BCUT2D eigenvalue weighted by atomic mass is 32.1. The first-order chi connectivity index (χ1) is 6.22. The summed E-state index contributed by atoms with van der Waals surface area (Å²) >= 11 is 1.76. The fraction of sp³-hybridized carbons (Fsp3) is 0.400. The molecule has 0 aliphatic carbocycles. The van der Waals surface area contributed by atoms with Crippen molar-refractivity contribution in [3.05, 3.63) is 22.3 Å². The molecule has 3 heteroatoms. The van der Waals surface area contributed by atoms with Crippen LogP contribution in [-0.2, 0) is 6.42 Å². The molecule has 0 spiro atoms. The summed E-state index contributed by atoms with van der Waals surface area (Å²) < 4.78 is 1.25. The van der Waals surface area contributed by atoms with Gasteiger partial charge in [0.2, 0.25) is 0 Å². The fourth-order valence-corrected chi connectivity index (χ4v) is 2.29. The summed E-state index contributed by atoms with van der Waals surface area (Å²) in [4.78, 5) is 8.75. The normalized spacial score (nSPS) is 11.0. The minimum absolute atomic E-state index is 0.907. The van der Waals surface area contributed by atoms with E-state index in [4.69, 9.17) is 0 Å². The number of rotatable bonds is 1. The van der Waals surface area contributed by atoms with Crippen LogP contribution in [0.1, 0.15) is 23.1 Å². The molecule has 0 atom stereocenters. The summed E-state index contributed by atoms with van der Waals surface area (Å²) in [6, 6.07) is 0. The highest BCUT2D eigenvalue weighted by molar-refractivity contribution is 7.18. The summed E-state index contributed by atoms with van der Waals surface area (Å²) in [7, 11) is 0. The highest BCUT2D eigenvalue weighted by Crippen LogP contribution is 2.25. The van der Waals surface area contributed by atoms with Crippen molar-refractivity contribution in [3.63, 3.8) is 0 Å². The molecule has 2 heterocycles. The number of thiazole rings is 1. The molecule has 13 heavy (non-hydrogen) atoms. The Morgan fingerprint density at radius 1 is 1.38 bits per heavy atom. The van der Waals surface area contributed by atoms with Gasteiger partial charge in [0.15, 0.2) is 5.65 Å². The standard InChI is InChI=1S/C10H12N2S/c1-4-8-12-10-9(13-8)7(3)6(2)5-11-10/h5H,4H2,1-3H3. The van der Waals surface area contributed by atoms with Crippen molar-refractivity contribution in [2.75, 3.05) is 0 Å². The third-order valence-electron chi connectivity index (χ3n) is 2.27. The van der Waals surface area contributed by atoms with E-state index in [2.05, 4.69) is 30.7 Å². The van der Waals surface area contributed by atoms with Crippen LogP contribution in [0.4, 0.5) is 0 Å². The molecule has 0 amide bonds. The SMILES string of the molecule is CCc1nc2ncc(C)c(C)c2s1. The van der Waals surface area contributed by atoms with Gasteiger partial charge in [0.1, 0.15) is 0 Å². The summed E-state index contributed by atoms with van der Waals surface area (Å²) in [6.07, 6.45) is 2.90. The van der Waals surface area contributed by atoms with Gasteiger partial charge in [-0.15, -0.1) is 11.3 Å². The Hall–Kier alpha value is -0.960. The van der Waals surface area contributed by atoms with E-state index in [1.54, 1.807) is 11.3 Å². The molecule has 0 radical (unpaired) electrons. The van der Waals surface area contributed by atoms with Crippen molar-refractivity contribution >= 4 is 21.7 Å². The third kappa shape index (κ3) is 1.33. The van der Waals surface area contributed by atoms with Gasteiger partial charge in [-0.05, 0) is 31.4 Å². The molecule has 2 aromatic heterocycles. The Bertz CT molecular complexity index is 445. The summed E-state index contributed by atoms with van der Waals surface area (Å²) in [6.45, 7) is 6.35. The van der Waals surface area contributed by atoms with Crippen LogP contribution in [0.2, 0.25) is 0 Å². The maximum Gasteiger partial charge on any atom is 0.170 e. The molecule has 0 N–H and O–H groups in total. The summed E-state index contributed by atoms with van der Waals surface area (Å²) in [5, 5.41) is 1.18. The average Bonchev–Trinajstić information content (AvgIpc) is 2.55. The monoisotopic (exact) mass is 192 g/mol. The van der Waals surface area contributed by atoms with E-state index in [9.17, 15) is 0 Å². The third-order valence-corrected chi connectivity index (χ3v) is 3.58. The van der Waals surface area contributed by atoms with Gasteiger partial charge >= 0.3 is 0 Å². The molecule has 0 fully saturated rings. The quantitative estimate of drug-likeness (QED) is 0.694. The van der Waals surface area contributed by atoms with Crippen molar-refractivity contribution in [1.29, 1.82) is 0 Å². The number of aromatic nitrogens is 2. The van der Waals surface area contributed by atoms with E-state index in [0.717, 1.165) is 12.1 Å². The lowest BCUT2D eigenvalue weighted by Gasteiger charge is -1.97. The van der Waals surface area contributed by atoms with Gasteiger partial charge in [-0.2, -0.15) is 0 Å². The zero-order valence-corrected chi connectivity index (χ0v) is 8.90. The van der Waals surface area contributed by atoms with Gasteiger partial charge in [0.25, 0.3) is 0 Å². The van der Waals surface area contributed by atoms with Crippen molar-refractivity contribution in [2.45, 2.75) is 27.2 Å². The van der Waals surface area contributed by atoms with Crippen LogP contribution in [0, 0.1) is 13.8 Å². The van der Waals surface area contributed by atoms with Crippen LogP contribution in [0.15, 0.2) is 6.20 Å². The lowest BCUT2D eigenvalue weighted by atomic mass is 10.2. The van der Waals surface area contributed by atoms with Crippen molar-refractivity contribution < 1.29 is 0 Å². The first-order valence-electron chi connectivity index (χ1n) is 4.44. The molecular formula is C10H12N2S. The molecular weight excluding hydrogens is 180 g/mol. The van der Waals surface area contributed by atoms with E-state index < -0.39 is 0 Å². The fourth-order valence-electron chi connectivity index (χ4n) is 1.27. The predicted octanol–water partition coefficient (Wildman–Crippen LogP) is 2.87. The smallest absolute Gasteiger partial charge is 0.170 e. The number of hydrogen-bond acceptors (Lipinski definition) is 3. The van der Waals surface area contributed by atoms with Crippen LogP contribution in [0.3, 0.4) is 0 Å². The number of nitrogens with zero attached hydrogens (tertiary/aromatic N) is 2. The van der Waals surface area contributed by atoms with Crippen LogP contribution in [-0.4, -0.2) is 9.97 Å². The second-order valence-electron chi connectivity index (χ2n) is 3.18. The summed E-state index contributed by atoms with van der Waals surface area (Å²) in [5.41, 5.74) is 3.48. The molecule has 0 aromatic carbocycles. The molecule has 68 valence electrons. The number of aryl methyl sites for hydroxylation is 3. The number of fused-ring (bicyclic) bond motifs is 1. The maximum absolute atomic E-state index is 4.44. The first-order valence-corrected chi connectivity index (χ1v) is 5.25. The van der Waals surface area contributed by atoms with Crippen LogP contribution in [0.25, 0.3) is 10.3 Å². The Labute approximate surface area is 81.7 Å². The molecule has 0 unspecified atom stereocenters. The van der Waals surface area contributed by atoms with Gasteiger partial charge in [-0.25, -0.2) is 9.97 Å². The lowest BCUT2D eigenvalue weighted by Crippen LogP contribution is -1.84.